The molecule has 0 aliphatic heterocycles. The van der Waals surface area contributed by atoms with Crippen molar-refractivity contribution in [3.8, 4) is 28.7 Å². The van der Waals surface area contributed by atoms with Gasteiger partial charge in [0.1, 0.15) is 48.2 Å². The van der Waals surface area contributed by atoms with E-state index in [2.05, 4.69) is 16.4 Å². The lowest BCUT2D eigenvalue weighted by atomic mass is 9.94. The lowest BCUT2D eigenvalue weighted by molar-refractivity contribution is -0.157. The van der Waals surface area contributed by atoms with Gasteiger partial charge in [-0.2, -0.15) is 13.2 Å². The first-order valence-electron chi connectivity index (χ1n) is 26.2. The summed E-state index contributed by atoms with van der Waals surface area (Å²) in [5, 5.41) is 2.83. The normalized spacial score (nSPS) is 11.9. The quantitative estimate of drug-likeness (QED) is 0.0347. The van der Waals surface area contributed by atoms with Crippen molar-refractivity contribution in [3.05, 3.63) is 160 Å². The summed E-state index contributed by atoms with van der Waals surface area (Å²) in [5.74, 6) is 0.311. The number of ether oxygens (including phenoxy) is 8. The fraction of sp³-hybridized carbons (Fsp3) is 0.393. The maximum absolute atomic E-state index is 13.8. The molecule has 0 spiro atoms. The number of hydrogen-bond acceptors (Lipinski definition) is 15. The summed E-state index contributed by atoms with van der Waals surface area (Å²) in [7, 11) is 6.49. The summed E-state index contributed by atoms with van der Waals surface area (Å²) in [5.41, 5.74) is 5.02. The molecular formula is C61H72F3N5O11. The van der Waals surface area contributed by atoms with E-state index in [1.165, 1.54) is 31.1 Å². The van der Waals surface area contributed by atoms with Crippen LogP contribution in [0, 0.1) is 12.8 Å². The van der Waals surface area contributed by atoms with E-state index in [-0.39, 0.29) is 51.7 Å². The zero-order valence-corrected chi connectivity index (χ0v) is 46.9. The molecule has 0 saturated carbocycles. The molecule has 19 heteroatoms. The molecule has 1 heterocycles. The molecule has 428 valence electrons. The van der Waals surface area contributed by atoms with Crippen molar-refractivity contribution in [2.24, 2.45) is 5.92 Å². The molecule has 0 unspecified atom stereocenters. The average Bonchev–Trinajstić information content (AvgIpc) is 3.41. The molecule has 6 rings (SSSR count). The van der Waals surface area contributed by atoms with Crippen LogP contribution in [0.2, 0.25) is 0 Å². The number of rotatable bonds is 29. The van der Waals surface area contributed by atoms with Gasteiger partial charge < -0.3 is 48.1 Å². The predicted molar refractivity (Wildman–Crippen MR) is 297 cm³/mol. The van der Waals surface area contributed by atoms with Gasteiger partial charge in [0, 0.05) is 42.9 Å². The number of nitrogens with one attached hydrogen (secondary N) is 1. The molecule has 0 aliphatic carbocycles. The number of anilines is 2. The number of nitrogens with zero attached hydrogens (tertiary/aromatic N) is 4. The Balaban J connectivity index is 1.25. The molecule has 0 fully saturated rings. The fourth-order valence-electron chi connectivity index (χ4n) is 8.61. The topological polar surface area (TPSA) is 169 Å². The summed E-state index contributed by atoms with van der Waals surface area (Å²) < 4.78 is 86.8. The summed E-state index contributed by atoms with van der Waals surface area (Å²) in [4.78, 5) is 52.2. The largest absolute Gasteiger partial charge is 0.496 e. The number of carbonyl (C=O) groups excluding carboxylic acids is 3. The Morgan fingerprint density at radius 1 is 0.700 bits per heavy atom. The van der Waals surface area contributed by atoms with Gasteiger partial charge in [-0.25, -0.2) is 9.97 Å². The van der Waals surface area contributed by atoms with E-state index in [4.69, 9.17) is 42.9 Å². The molecule has 0 aliphatic rings. The van der Waals surface area contributed by atoms with Crippen LogP contribution in [-0.4, -0.2) is 106 Å². The second-order valence-electron chi connectivity index (χ2n) is 20.0. The van der Waals surface area contributed by atoms with Crippen LogP contribution in [0.1, 0.15) is 78.8 Å². The number of likely N-dealkylation sites (N-methyl/N-ethyl adjacent to an activating group) is 1. The fourth-order valence-corrected chi connectivity index (χ4v) is 8.61. The van der Waals surface area contributed by atoms with Crippen molar-refractivity contribution in [2.45, 2.75) is 85.4 Å². The van der Waals surface area contributed by atoms with E-state index in [9.17, 15) is 27.6 Å². The van der Waals surface area contributed by atoms with Crippen LogP contribution in [0.25, 0.3) is 0 Å². The monoisotopic (exact) mass is 1110 g/mol. The molecule has 1 N–H and O–H groups in total. The number of alkyl halides is 3. The molecule has 16 nitrogen and oxygen atoms in total. The summed E-state index contributed by atoms with van der Waals surface area (Å²) in [6, 6.07) is 31.5. The number of hydrogen-bond donors (Lipinski definition) is 1. The smallest absolute Gasteiger partial charge is 0.416 e. The number of amides is 1. The van der Waals surface area contributed by atoms with Gasteiger partial charge >= 0.3 is 18.1 Å². The molecule has 5 aromatic carbocycles. The minimum absolute atomic E-state index is 0.00635. The Morgan fingerprint density at radius 2 is 1.39 bits per heavy atom. The summed E-state index contributed by atoms with van der Waals surface area (Å²) in [6.45, 7) is 11.1. The van der Waals surface area contributed by atoms with E-state index < -0.39 is 35.1 Å². The first kappa shape index (κ1) is 61.3. The van der Waals surface area contributed by atoms with Gasteiger partial charge in [0.15, 0.2) is 11.5 Å². The highest BCUT2D eigenvalue weighted by molar-refractivity contribution is 5.84. The van der Waals surface area contributed by atoms with Crippen LogP contribution < -0.4 is 33.9 Å². The summed E-state index contributed by atoms with van der Waals surface area (Å²) in [6.07, 6.45) is -2.90. The van der Waals surface area contributed by atoms with E-state index in [1.807, 2.05) is 78.4 Å². The summed E-state index contributed by atoms with van der Waals surface area (Å²) >= 11 is 0. The van der Waals surface area contributed by atoms with Crippen LogP contribution in [0.15, 0.2) is 116 Å². The second kappa shape index (κ2) is 29.4. The molecule has 0 radical (unpaired) electrons. The molecule has 80 heavy (non-hydrogen) atoms. The van der Waals surface area contributed by atoms with Gasteiger partial charge in [0.25, 0.3) is 0 Å². The Kier molecular flexibility index (Phi) is 22.5. The Hall–Kier alpha value is -7.90. The molecule has 1 atom stereocenters. The van der Waals surface area contributed by atoms with Gasteiger partial charge in [-0.05, 0) is 94.6 Å². The number of halogens is 3. The van der Waals surface area contributed by atoms with Crippen LogP contribution >= 0.6 is 0 Å². The van der Waals surface area contributed by atoms with E-state index in [1.54, 1.807) is 66.2 Å². The number of benzene rings is 5. The van der Waals surface area contributed by atoms with Crippen LogP contribution in [0.4, 0.5) is 24.7 Å². The third-order valence-electron chi connectivity index (χ3n) is 12.4. The SMILES string of the molecule is CCOC(=O)CN(C)Cc1cccc(Cc2cc(N(Cc3c(OC)cc(OCCOCc4ccc(C)cc4)cc3OC)c3ccc(OC)c(OCCNC(=O)[C@H](CC(=O)OC(C)(C)C)Cc4ccc(C(F)(F)F)cc4)c3)ncn2)c1. The lowest BCUT2D eigenvalue weighted by Crippen LogP contribution is -2.37. The van der Waals surface area contributed by atoms with E-state index in [0.717, 1.165) is 28.8 Å². The zero-order valence-electron chi connectivity index (χ0n) is 46.9. The highest BCUT2D eigenvalue weighted by atomic mass is 19.4. The standard InChI is InChI=1S/C61H72F3N5O11/c1-10-77-58(71)38-68(6)36-45-13-11-12-44(28-45)30-48-32-56(67-40-66-48)69(37-51-53(74-8)34-50(35-54(51)75-9)78-27-26-76-39-43-16-14-41(2)15-17-43)49-22-23-52(73-7)55(33-49)79-25-24-65-59(72)46(31-57(70)80-60(3,4)5)29-42-18-20-47(21-19-42)61(62,63)64/h11-23,28,32-35,40,46H,10,24-27,29-31,36-39H2,1-9H3,(H,65,72)/t46-/m0/s1. The van der Waals surface area contributed by atoms with Crippen molar-refractivity contribution in [1.82, 2.24) is 20.2 Å². The number of esters is 2. The highest BCUT2D eigenvalue weighted by Crippen LogP contribution is 2.40. The van der Waals surface area contributed by atoms with Gasteiger partial charge in [0.2, 0.25) is 5.91 Å². The molecule has 0 bridgehead atoms. The molecule has 1 amide bonds. The van der Waals surface area contributed by atoms with Crippen LogP contribution in [-0.2, 0) is 67.3 Å². The Bertz CT molecular complexity index is 2950. The third-order valence-corrected chi connectivity index (χ3v) is 12.4. The predicted octanol–water partition coefficient (Wildman–Crippen LogP) is 10.4. The number of aryl methyl sites for hydroxylation is 1. The van der Waals surface area contributed by atoms with Gasteiger partial charge in [-0.1, -0.05) is 66.2 Å². The minimum atomic E-state index is -4.53. The van der Waals surface area contributed by atoms with Crippen LogP contribution in [0.5, 0.6) is 28.7 Å². The average molecular weight is 1110 g/mol. The van der Waals surface area contributed by atoms with E-state index >= 15 is 0 Å². The van der Waals surface area contributed by atoms with Gasteiger partial charge in [-0.15, -0.1) is 0 Å². The van der Waals surface area contributed by atoms with Gasteiger partial charge in [-0.3, -0.25) is 19.3 Å². The number of carbonyl (C=O) groups is 3. The van der Waals surface area contributed by atoms with Crippen molar-refractivity contribution in [2.75, 3.05) is 72.8 Å². The molecular weight excluding hydrogens is 1040 g/mol. The third kappa shape index (κ3) is 19.2. The number of methoxy groups -OCH3 is 3. The van der Waals surface area contributed by atoms with E-state index in [0.29, 0.717) is 89.9 Å². The van der Waals surface area contributed by atoms with Crippen molar-refractivity contribution >= 4 is 29.4 Å². The van der Waals surface area contributed by atoms with Gasteiger partial charge in [0.05, 0.1) is 89.9 Å². The lowest BCUT2D eigenvalue weighted by Gasteiger charge is -2.27. The van der Waals surface area contributed by atoms with Crippen molar-refractivity contribution in [1.29, 1.82) is 0 Å². The number of aromatic nitrogens is 2. The van der Waals surface area contributed by atoms with Crippen molar-refractivity contribution in [3.63, 3.8) is 0 Å². The second-order valence-corrected chi connectivity index (χ2v) is 20.0. The Morgan fingerprint density at radius 3 is 2.05 bits per heavy atom. The van der Waals surface area contributed by atoms with Crippen LogP contribution in [0.3, 0.4) is 0 Å². The molecule has 1 aromatic heterocycles. The Labute approximate surface area is 466 Å². The zero-order chi connectivity index (χ0) is 57.8. The first-order chi connectivity index (χ1) is 38.2. The maximum atomic E-state index is 13.8. The minimum Gasteiger partial charge on any atom is -0.496 e. The van der Waals surface area contributed by atoms with Crippen molar-refractivity contribution < 1.29 is 65.4 Å². The highest BCUT2D eigenvalue weighted by Gasteiger charge is 2.31. The maximum Gasteiger partial charge on any atom is 0.416 e. The molecule has 0 saturated heterocycles. The first-order valence-corrected chi connectivity index (χ1v) is 26.2. The molecule has 6 aromatic rings.